The normalized spacial score (nSPS) is 18.9. The van der Waals surface area contributed by atoms with Gasteiger partial charge < -0.3 is 10.2 Å². The summed E-state index contributed by atoms with van der Waals surface area (Å²) in [4.78, 5) is 29.4. The molecule has 5 rings (SSSR count). The Kier molecular flexibility index (Phi) is 5.71. The van der Waals surface area contributed by atoms with Crippen molar-refractivity contribution in [3.63, 3.8) is 0 Å². The smallest absolute Gasteiger partial charge is 0.254 e. The Morgan fingerprint density at radius 3 is 2.30 bits per heavy atom. The summed E-state index contributed by atoms with van der Waals surface area (Å²) in [5.74, 6) is -0.831. The summed E-state index contributed by atoms with van der Waals surface area (Å²) in [6, 6.07) is 23.7. The summed E-state index contributed by atoms with van der Waals surface area (Å²) in [5, 5.41) is 3.08. The molecule has 4 nitrogen and oxygen atoms in total. The highest BCUT2D eigenvalue weighted by atomic mass is 19.1. The highest BCUT2D eigenvalue weighted by molar-refractivity contribution is 6.02. The van der Waals surface area contributed by atoms with Gasteiger partial charge in [-0.1, -0.05) is 73.5 Å². The van der Waals surface area contributed by atoms with Crippen LogP contribution in [0.2, 0.25) is 0 Å². The molecule has 0 aromatic heterocycles. The molecule has 1 spiro atoms. The summed E-state index contributed by atoms with van der Waals surface area (Å²) in [5.41, 5.74) is 2.76. The van der Waals surface area contributed by atoms with Gasteiger partial charge in [-0.15, -0.1) is 0 Å². The zero-order valence-electron chi connectivity index (χ0n) is 18.5. The van der Waals surface area contributed by atoms with Gasteiger partial charge in [-0.05, 0) is 47.7 Å². The SMILES string of the molecule is O=C(NCc1ccc(F)cc1)[C@@H]1c2ccccc2C(=O)N(Cc2ccccc2)C12CCCC2. The number of hydrogen-bond donors (Lipinski definition) is 1. The summed E-state index contributed by atoms with van der Waals surface area (Å²) < 4.78 is 13.3. The van der Waals surface area contributed by atoms with E-state index in [1.165, 1.54) is 12.1 Å². The molecule has 1 atom stereocenters. The third kappa shape index (κ3) is 3.92. The molecule has 168 valence electrons. The van der Waals surface area contributed by atoms with Gasteiger partial charge in [-0.2, -0.15) is 0 Å². The lowest BCUT2D eigenvalue weighted by Gasteiger charge is -2.50. The average Bonchev–Trinajstić information content (AvgIpc) is 3.32. The molecule has 3 aromatic rings. The average molecular weight is 443 g/mol. The Morgan fingerprint density at radius 2 is 1.58 bits per heavy atom. The molecule has 0 unspecified atom stereocenters. The lowest BCUT2D eigenvalue weighted by molar-refractivity contribution is -0.126. The maximum absolute atomic E-state index is 13.7. The van der Waals surface area contributed by atoms with E-state index in [4.69, 9.17) is 0 Å². The number of carbonyl (C=O) groups excluding carboxylic acids is 2. The van der Waals surface area contributed by atoms with Crippen LogP contribution < -0.4 is 5.32 Å². The Labute approximate surface area is 193 Å². The molecular weight excluding hydrogens is 415 g/mol. The number of benzene rings is 3. The number of amides is 2. The fourth-order valence-electron chi connectivity index (χ4n) is 5.56. The molecule has 33 heavy (non-hydrogen) atoms. The van der Waals surface area contributed by atoms with E-state index in [1.54, 1.807) is 12.1 Å². The van der Waals surface area contributed by atoms with Gasteiger partial charge in [0.05, 0.1) is 11.5 Å². The Balaban J connectivity index is 1.52. The summed E-state index contributed by atoms with van der Waals surface area (Å²) >= 11 is 0. The topological polar surface area (TPSA) is 49.4 Å². The molecule has 3 aromatic carbocycles. The molecule has 1 saturated carbocycles. The molecule has 0 bridgehead atoms. The highest BCUT2D eigenvalue weighted by Gasteiger charge is 2.55. The zero-order chi connectivity index (χ0) is 22.8. The first kappa shape index (κ1) is 21.4. The van der Waals surface area contributed by atoms with Gasteiger partial charge in [0, 0.05) is 18.7 Å². The predicted molar refractivity (Wildman–Crippen MR) is 125 cm³/mol. The molecule has 0 radical (unpaired) electrons. The van der Waals surface area contributed by atoms with Gasteiger partial charge in [0.2, 0.25) is 5.91 Å². The highest BCUT2D eigenvalue weighted by Crippen LogP contribution is 2.50. The molecule has 1 heterocycles. The van der Waals surface area contributed by atoms with Crippen molar-refractivity contribution in [3.05, 3.63) is 107 Å². The maximum atomic E-state index is 13.7. The van der Waals surface area contributed by atoms with Crippen molar-refractivity contribution >= 4 is 11.8 Å². The molecule has 0 saturated heterocycles. The zero-order valence-corrected chi connectivity index (χ0v) is 18.5. The van der Waals surface area contributed by atoms with Crippen molar-refractivity contribution < 1.29 is 14.0 Å². The lowest BCUT2D eigenvalue weighted by Crippen LogP contribution is -2.60. The van der Waals surface area contributed by atoms with Crippen LogP contribution in [0.3, 0.4) is 0 Å². The third-order valence-corrected chi connectivity index (χ3v) is 7.12. The fraction of sp³-hybridized carbons (Fsp3) is 0.286. The van der Waals surface area contributed by atoms with E-state index in [9.17, 15) is 14.0 Å². The summed E-state index contributed by atoms with van der Waals surface area (Å²) in [7, 11) is 0. The molecule has 2 amide bonds. The van der Waals surface area contributed by atoms with Crippen LogP contribution in [-0.2, 0) is 17.9 Å². The second-order valence-corrected chi connectivity index (χ2v) is 9.05. The van der Waals surface area contributed by atoms with Gasteiger partial charge in [-0.3, -0.25) is 9.59 Å². The number of rotatable bonds is 5. The van der Waals surface area contributed by atoms with Crippen LogP contribution in [0.25, 0.3) is 0 Å². The Morgan fingerprint density at radius 1 is 0.909 bits per heavy atom. The van der Waals surface area contributed by atoms with Crippen LogP contribution in [0.4, 0.5) is 4.39 Å². The summed E-state index contributed by atoms with van der Waals surface area (Å²) in [6.07, 6.45) is 3.58. The van der Waals surface area contributed by atoms with E-state index in [1.807, 2.05) is 59.5 Å². The van der Waals surface area contributed by atoms with E-state index < -0.39 is 11.5 Å². The molecule has 1 aliphatic heterocycles. The van der Waals surface area contributed by atoms with Gasteiger partial charge in [0.1, 0.15) is 5.82 Å². The van der Waals surface area contributed by atoms with Crippen molar-refractivity contribution in [3.8, 4) is 0 Å². The van der Waals surface area contributed by atoms with Crippen molar-refractivity contribution in [1.29, 1.82) is 0 Å². The largest absolute Gasteiger partial charge is 0.351 e. The van der Waals surface area contributed by atoms with Crippen LogP contribution in [-0.4, -0.2) is 22.3 Å². The molecule has 5 heteroatoms. The van der Waals surface area contributed by atoms with E-state index in [-0.39, 0.29) is 17.6 Å². The van der Waals surface area contributed by atoms with E-state index in [2.05, 4.69) is 5.32 Å². The van der Waals surface area contributed by atoms with Crippen LogP contribution >= 0.6 is 0 Å². The fourth-order valence-corrected chi connectivity index (χ4v) is 5.56. The molecule has 2 aliphatic rings. The van der Waals surface area contributed by atoms with Crippen LogP contribution in [0, 0.1) is 5.82 Å². The number of halogens is 1. The van der Waals surface area contributed by atoms with Gasteiger partial charge in [0.15, 0.2) is 0 Å². The van der Waals surface area contributed by atoms with Crippen LogP contribution in [0.5, 0.6) is 0 Å². The summed E-state index contributed by atoms with van der Waals surface area (Å²) in [6.45, 7) is 0.802. The monoisotopic (exact) mass is 442 g/mol. The predicted octanol–water partition coefficient (Wildman–Crippen LogP) is 5.19. The van der Waals surface area contributed by atoms with Crippen LogP contribution in [0.15, 0.2) is 78.9 Å². The molecule has 1 N–H and O–H groups in total. The number of hydrogen-bond acceptors (Lipinski definition) is 2. The second-order valence-electron chi connectivity index (χ2n) is 9.05. The van der Waals surface area contributed by atoms with Crippen molar-refractivity contribution in [1.82, 2.24) is 10.2 Å². The quantitative estimate of drug-likeness (QED) is 0.591. The van der Waals surface area contributed by atoms with E-state index in [0.717, 1.165) is 42.4 Å². The Hall–Kier alpha value is -3.47. The van der Waals surface area contributed by atoms with Gasteiger partial charge >= 0.3 is 0 Å². The lowest BCUT2D eigenvalue weighted by atomic mass is 9.71. The number of carbonyl (C=O) groups is 2. The Bertz CT molecular complexity index is 1150. The molecular formula is C28H27FN2O2. The first-order valence-corrected chi connectivity index (χ1v) is 11.6. The minimum Gasteiger partial charge on any atom is -0.351 e. The first-order valence-electron chi connectivity index (χ1n) is 11.6. The number of nitrogens with zero attached hydrogens (tertiary/aromatic N) is 1. The van der Waals surface area contributed by atoms with Crippen LogP contribution in [0.1, 0.15) is 58.6 Å². The second kappa shape index (κ2) is 8.81. The maximum Gasteiger partial charge on any atom is 0.254 e. The standard InChI is InChI=1S/C28H27FN2O2/c29-22-14-12-20(13-15-22)18-30-26(32)25-23-10-4-5-11-24(23)27(33)31(28(25)16-6-7-17-28)19-21-8-2-1-3-9-21/h1-5,8-15,25H,6-7,16-19H2,(H,30,32)/t25-/m0/s1. The number of fused-ring (bicyclic) bond motifs is 1. The van der Waals surface area contributed by atoms with E-state index >= 15 is 0 Å². The minimum absolute atomic E-state index is 0.000984. The van der Waals surface area contributed by atoms with Crippen molar-refractivity contribution in [2.24, 2.45) is 0 Å². The van der Waals surface area contributed by atoms with Crippen molar-refractivity contribution in [2.75, 3.05) is 0 Å². The van der Waals surface area contributed by atoms with Gasteiger partial charge in [0.25, 0.3) is 5.91 Å². The molecule has 1 aliphatic carbocycles. The number of nitrogens with one attached hydrogen (secondary N) is 1. The first-order chi connectivity index (χ1) is 16.1. The minimum atomic E-state index is -0.547. The van der Waals surface area contributed by atoms with E-state index in [0.29, 0.717) is 18.7 Å². The van der Waals surface area contributed by atoms with Crippen molar-refractivity contribution in [2.45, 2.75) is 50.2 Å². The molecule has 1 fully saturated rings. The van der Waals surface area contributed by atoms with Gasteiger partial charge in [-0.25, -0.2) is 4.39 Å². The third-order valence-electron chi connectivity index (χ3n) is 7.12.